The standard InChI is InChI=1S/C26H26N2O3S/c1-18-12-14-22(15-13-18)32(30,31)28-24(17-20-8-4-3-5-9-20)26(29)27-19(2)16-21-10-6-7-11-23(21)25(27)28/h3-15,19,24-25H,16-17H2,1-2H3/t19-,24-,25+/m0/s1. The van der Waals surface area contributed by atoms with Crippen molar-refractivity contribution in [3.05, 3.63) is 101 Å². The van der Waals surface area contributed by atoms with E-state index < -0.39 is 22.2 Å². The van der Waals surface area contributed by atoms with Crippen molar-refractivity contribution in [2.75, 3.05) is 0 Å². The number of aryl methyl sites for hydroxylation is 1. The van der Waals surface area contributed by atoms with E-state index in [2.05, 4.69) is 0 Å². The summed E-state index contributed by atoms with van der Waals surface area (Å²) < 4.78 is 29.5. The Hall–Kier alpha value is -2.96. The zero-order valence-corrected chi connectivity index (χ0v) is 19.0. The maximum atomic E-state index is 14.0. The van der Waals surface area contributed by atoms with E-state index in [1.807, 2.05) is 68.4 Å². The Balaban J connectivity index is 1.68. The van der Waals surface area contributed by atoms with Crippen LogP contribution in [0.1, 0.15) is 35.3 Å². The second kappa shape index (κ2) is 7.87. The fourth-order valence-corrected chi connectivity index (χ4v) is 6.68. The number of sulfonamides is 1. The van der Waals surface area contributed by atoms with Crippen LogP contribution in [0.3, 0.4) is 0 Å². The van der Waals surface area contributed by atoms with Crippen molar-refractivity contribution >= 4 is 15.9 Å². The van der Waals surface area contributed by atoms with Gasteiger partial charge >= 0.3 is 0 Å². The fourth-order valence-electron chi connectivity index (χ4n) is 4.97. The van der Waals surface area contributed by atoms with Crippen molar-refractivity contribution in [3.63, 3.8) is 0 Å². The lowest BCUT2D eigenvalue weighted by Gasteiger charge is -2.39. The summed E-state index contributed by atoms with van der Waals surface area (Å²) in [6, 6.07) is 23.5. The highest BCUT2D eigenvalue weighted by atomic mass is 32.2. The number of benzene rings is 3. The lowest BCUT2D eigenvalue weighted by molar-refractivity contribution is -0.132. The molecule has 0 radical (unpaired) electrons. The molecule has 0 saturated carbocycles. The van der Waals surface area contributed by atoms with Crippen LogP contribution in [-0.4, -0.2) is 35.6 Å². The Morgan fingerprint density at radius 1 is 0.906 bits per heavy atom. The van der Waals surface area contributed by atoms with Crippen LogP contribution in [0.25, 0.3) is 0 Å². The van der Waals surface area contributed by atoms with Crippen molar-refractivity contribution in [2.45, 2.75) is 49.8 Å². The minimum atomic E-state index is -3.92. The highest BCUT2D eigenvalue weighted by Crippen LogP contribution is 2.45. The van der Waals surface area contributed by atoms with E-state index in [1.54, 1.807) is 29.2 Å². The number of nitrogens with zero attached hydrogens (tertiary/aromatic N) is 2. The van der Waals surface area contributed by atoms with Crippen molar-refractivity contribution in [3.8, 4) is 0 Å². The number of carbonyl (C=O) groups excluding carboxylic acids is 1. The third-order valence-corrected chi connectivity index (χ3v) is 8.42. The molecule has 1 amide bonds. The van der Waals surface area contributed by atoms with Gasteiger partial charge in [-0.15, -0.1) is 0 Å². The first-order valence-electron chi connectivity index (χ1n) is 10.9. The topological polar surface area (TPSA) is 57.7 Å². The molecule has 0 bridgehead atoms. The molecule has 164 valence electrons. The largest absolute Gasteiger partial charge is 0.317 e. The normalized spacial score (nSPS) is 23.1. The summed E-state index contributed by atoms with van der Waals surface area (Å²) >= 11 is 0. The SMILES string of the molecule is Cc1ccc(S(=O)(=O)N2[C@@H]3c4ccccc4C[C@H](C)N3C(=O)[C@@H]2Cc2ccccc2)cc1. The molecule has 0 aromatic heterocycles. The molecule has 2 heterocycles. The van der Waals surface area contributed by atoms with Gasteiger partial charge in [-0.05, 0) is 55.5 Å². The lowest BCUT2D eigenvalue weighted by Crippen LogP contribution is -2.44. The second-order valence-corrected chi connectivity index (χ2v) is 10.6. The third kappa shape index (κ3) is 3.34. The van der Waals surface area contributed by atoms with Crippen LogP contribution < -0.4 is 0 Å². The van der Waals surface area contributed by atoms with E-state index in [-0.39, 0.29) is 16.8 Å². The summed E-state index contributed by atoms with van der Waals surface area (Å²) in [5, 5.41) is 0. The van der Waals surface area contributed by atoms with Crippen LogP contribution in [-0.2, 0) is 27.7 Å². The molecule has 3 aromatic rings. The highest BCUT2D eigenvalue weighted by molar-refractivity contribution is 7.89. The predicted octanol–water partition coefficient (Wildman–Crippen LogP) is 4.08. The van der Waals surface area contributed by atoms with Gasteiger partial charge in [0.2, 0.25) is 15.9 Å². The Bertz CT molecular complexity index is 1260. The maximum absolute atomic E-state index is 14.0. The molecule has 0 aliphatic carbocycles. The minimum Gasteiger partial charge on any atom is -0.317 e. The van der Waals surface area contributed by atoms with Gasteiger partial charge in [0, 0.05) is 6.04 Å². The monoisotopic (exact) mass is 446 g/mol. The number of hydrogen-bond acceptors (Lipinski definition) is 3. The van der Waals surface area contributed by atoms with E-state index in [1.165, 1.54) is 4.31 Å². The molecule has 1 fully saturated rings. The molecule has 5 nitrogen and oxygen atoms in total. The van der Waals surface area contributed by atoms with Gasteiger partial charge in [0.1, 0.15) is 12.2 Å². The molecule has 0 unspecified atom stereocenters. The summed E-state index contributed by atoms with van der Waals surface area (Å²) in [6.07, 6.45) is 0.420. The number of carbonyl (C=O) groups is 1. The van der Waals surface area contributed by atoms with Gasteiger partial charge in [-0.2, -0.15) is 4.31 Å². The summed E-state index contributed by atoms with van der Waals surface area (Å²) in [5.74, 6) is -0.128. The minimum absolute atomic E-state index is 0.0844. The molecule has 2 aliphatic rings. The molecule has 3 atom stereocenters. The smallest absolute Gasteiger partial charge is 0.245 e. The first-order valence-corrected chi connectivity index (χ1v) is 12.4. The molecule has 0 N–H and O–H groups in total. The van der Waals surface area contributed by atoms with Crippen molar-refractivity contribution < 1.29 is 13.2 Å². The average molecular weight is 447 g/mol. The van der Waals surface area contributed by atoms with Crippen LogP contribution in [0, 0.1) is 6.92 Å². The Morgan fingerprint density at radius 2 is 1.56 bits per heavy atom. The highest BCUT2D eigenvalue weighted by Gasteiger charge is 2.55. The van der Waals surface area contributed by atoms with Crippen LogP contribution >= 0.6 is 0 Å². The third-order valence-electron chi connectivity index (χ3n) is 6.54. The maximum Gasteiger partial charge on any atom is 0.245 e. The first kappa shape index (κ1) is 20.9. The van der Waals surface area contributed by atoms with E-state index >= 15 is 0 Å². The number of rotatable bonds is 4. The fraction of sp³-hybridized carbons (Fsp3) is 0.269. The number of amides is 1. The zero-order chi connectivity index (χ0) is 22.5. The summed E-state index contributed by atoms with van der Waals surface area (Å²) in [4.78, 5) is 15.7. The molecular formula is C26H26N2O3S. The molecule has 6 heteroatoms. The lowest BCUT2D eigenvalue weighted by atomic mass is 9.93. The number of hydrogen-bond donors (Lipinski definition) is 0. The van der Waals surface area contributed by atoms with Gasteiger partial charge in [0.05, 0.1) is 4.90 Å². The van der Waals surface area contributed by atoms with Gasteiger partial charge < -0.3 is 4.90 Å². The predicted molar refractivity (Wildman–Crippen MR) is 123 cm³/mol. The number of fused-ring (bicyclic) bond motifs is 3. The van der Waals surface area contributed by atoms with E-state index in [0.717, 1.165) is 28.7 Å². The molecule has 2 aliphatic heterocycles. The summed E-state index contributed by atoms with van der Waals surface area (Å²) in [5.41, 5.74) is 3.92. The van der Waals surface area contributed by atoms with Gasteiger partial charge in [0.15, 0.2) is 0 Å². The quantitative estimate of drug-likeness (QED) is 0.607. The molecule has 3 aromatic carbocycles. The van der Waals surface area contributed by atoms with Crippen LogP contribution in [0.2, 0.25) is 0 Å². The van der Waals surface area contributed by atoms with Crippen LogP contribution in [0.15, 0.2) is 83.8 Å². The average Bonchev–Trinajstić information content (AvgIpc) is 3.08. The van der Waals surface area contributed by atoms with E-state index in [0.29, 0.717) is 6.42 Å². The van der Waals surface area contributed by atoms with Gasteiger partial charge in [-0.3, -0.25) is 4.79 Å². The van der Waals surface area contributed by atoms with E-state index in [9.17, 15) is 13.2 Å². The molecular weight excluding hydrogens is 420 g/mol. The summed E-state index contributed by atoms with van der Waals surface area (Å²) in [6.45, 7) is 3.93. The zero-order valence-electron chi connectivity index (χ0n) is 18.2. The molecule has 32 heavy (non-hydrogen) atoms. The van der Waals surface area contributed by atoms with Crippen LogP contribution in [0.5, 0.6) is 0 Å². The molecule has 0 spiro atoms. The molecule has 1 saturated heterocycles. The Labute approximate surface area is 189 Å². The Kier molecular flexibility index (Phi) is 5.14. The van der Waals surface area contributed by atoms with Gasteiger partial charge in [0.25, 0.3) is 0 Å². The van der Waals surface area contributed by atoms with Crippen molar-refractivity contribution in [2.24, 2.45) is 0 Å². The van der Waals surface area contributed by atoms with Crippen molar-refractivity contribution in [1.29, 1.82) is 0 Å². The first-order chi connectivity index (χ1) is 15.4. The Morgan fingerprint density at radius 3 is 2.28 bits per heavy atom. The molecule has 5 rings (SSSR count). The van der Waals surface area contributed by atoms with Gasteiger partial charge in [-0.1, -0.05) is 72.3 Å². The second-order valence-electron chi connectivity index (χ2n) is 8.72. The summed E-state index contributed by atoms with van der Waals surface area (Å²) in [7, 11) is -3.92. The van der Waals surface area contributed by atoms with Crippen LogP contribution in [0.4, 0.5) is 0 Å². The van der Waals surface area contributed by atoms with E-state index in [4.69, 9.17) is 0 Å². The van der Waals surface area contributed by atoms with Gasteiger partial charge in [-0.25, -0.2) is 8.42 Å². The van der Waals surface area contributed by atoms with Crippen molar-refractivity contribution in [1.82, 2.24) is 9.21 Å².